The van der Waals surface area contributed by atoms with Crippen molar-refractivity contribution in [3.8, 4) is 0 Å². The van der Waals surface area contributed by atoms with Gasteiger partial charge in [-0.15, -0.1) is 0 Å². The molecule has 1 rings (SSSR count). The second kappa shape index (κ2) is 16.9. The van der Waals surface area contributed by atoms with E-state index in [9.17, 15) is 0 Å². The van der Waals surface area contributed by atoms with Crippen LogP contribution in [0.4, 0.5) is 0 Å². The number of halogens is 2. The van der Waals surface area contributed by atoms with Gasteiger partial charge in [-0.3, -0.25) is 0 Å². The Kier molecular flexibility index (Phi) is 15.5. The lowest BCUT2D eigenvalue weighted by Gasteiger charge is -2.07. The van der Waals surface area contributed by atoms with Crippen molar-refractivity contribution in [2.45, 2.75) is 103 Å². The van der Waals surface area contributed by atoms with Gasteiger partial charge in [-0.05, 0) is 30.7 Å². The molecule has 1 N–H and O–H groups in total. The summed E-state index contributed by atoms with van der Waals surface area (Å²) in [6.45, 7) is 4.18. The molecular formula is C23H39Cl2N. The quantitative estimate of drug-likeness (QED) is 0.258. The van der Waals surface area contributed by atoms with Crippen molar-refractivity contribution in [1.29, 1.82) is 0 Å². The highest BCUT2D eigenvalue weighted by atomic mass is 35.5. The minimum absolute atomic E-state index is 0.700. The van der Waals surface area contributed by atoms with Gasteiger partial charge in [0.15, 0.2) is 0 Å². The van der Waals surface area contributed by atoms with Gasteiger partial charge in [-0.2, -0.15) is 0 Å². The average Bonchev–Trinajstić information content (AvgIpc) is 2.63. The van der Waals surface area contributed by atoms with Gasteiger partial charge in [-0.1, -0.05) is 120 Å². The third-order valence-electron chi connectivity index (χ3n) is 5.04. The van der Waals surface area contributed by atoms with E-state index in [4.69, 9.17) is 23.2 Å². The van der Waals surface area contributed by atoms with Crippen molar-refractivity contribution in [3.63, 3.8) is 0 Å². The van der Waals surface area contributed by atoms with Crippen LogP contribution in [-0.4, -0.2) is 6.54 Å². The average molecular weight is 400 g/mol. The molecule has 0 aliphatic rings. The van der Waals surface area contributed by atoms with E-state index in [1.54, 1.807) is 0 Å². The summed E-state index contributed by atoms with van der Waals surface area (Å²) in [7, 11) is 0. The molecule has 0 saturated carbocycles. The molecule has 0 aliphatic heterocycles. The maximum Gasteiger partial charge on any atom is 0.0465 e. The van der Waals surface area contributed by atoms with Crippen LogP contribution in [0.3, 0.4) is 0 Å². The fourth-order valence-corrected chi connectivity index (χ4v) is 3.81. The Morgan fingerprint density at radius 3 is 1.69 bits per heavy atom. The van der Waals surface area contributed by atoms with Crippen molar-refractivity contribution >= 4 is 23.2 Å². The van der Waals surface area contributed by atoms with Gasteiger partial charge in [0.05, 0.1) is 0 Å². The van der Waals surface area contributed by atoms with Gasteiger partial charge in [-0.25, -0.2) is 0 Å². The molecule has 3 heteroatoms. The first-order valence-electron chi connectivity index (χ1n) is 10.9. The summed E-state index contributed by atoms with van der Waals surface area (Å²) in [5.74, 6) is 0. The normalized spacial score (nSPS) is 11.2. The van der Waals surface area contributed by atoms with E-state index in [1.807, 2.05) is 18.2 Å². The zero-order chi connectivity index (χ0) is 18.9. The molecule has 1 nitrogen and oxygen atoms in total. The Balaban J connectivity index is 1.79. The zero-order valence-corrected chi connectivity index (χ0v) is 18.3. The first-order chi connectivity index (χ1) is 12.7. The van der Waals surface area contributed by atoms with E-state index in [1.165, 1.54) is 89.9 Å². The highest BCUT2D eigenvalue weighted by molar-refractivity contribution is 6.35. The number of nitrogens with one attached hydrogen (secondary N) is 1. The van der Waals surface area contributed by atoms with Crippen LogP contribution in [0.5, 0.6) is 0 Å². The van der Waals surface area contributed by atoms with Crippen LogP contribution in [0.25, 0.3) is 0 Å². The lowest BCUT2D eigenvalue weighted by Crippen LogP contribution is -2.14. The Labute approximate surface area is 172 Å². The second-order valence-corrected chi connectivity index (χ2v) is 8.35. The molecule has 0 fully saturated rings. The molecule has 26 heavy (non-hydrogen) atoms. The van der Waals surface area contributed by atoms with Crippen LogP contribution in [0.2, 0.25) is 10.0 Å². The summed E-state index contributed by atoms with van der Waals surface area (Å²) in [5.41, 5.74) is 1.13. The standard InChI is InChI=1S/C23H39Cl2N/c1-2-3-4-5-6-7-8-9-10-11-12-13-14-15-18-26-20-21-16-17-22(24)19-23(21)25/h16-17,19,26H,2-15,18,20H2,1H3. The topological polar surface area (TPSA) is 12.0 Å². The minimum Gasteiger partial charge on any atom is -0.313 e. The van der Waals surface area contributed by atoms with Gasteiger partial charge in [0.25, 0.3) is 0 Å². The fourth-order valence-electron chi connectivity index (χ4n) is 3.33. The summed E-state index contributed by atoms with van der Waals surface area (Å²) in [6, 6.07) is 5.71. The number of hydrogen-bond acceptors (Lipinski definition) is 1. The molecule has 0 aliphatic carbocycles. The molecule has 1 aromatic rings. The molecule has 0 radical (unpaired) electrons. The molecule has 0 amide bonds. The maximum atomic E-state index is 6.18. The molecule has 0 spiro atoms. The van der Waals surface area contributed by atoms with E-state index >= 15 is 0 Å². The van der Waals surface area contributed by atoms with Crippen LogP contribution in [0, 0.1) is 0 Å². The van der Waals surface area contributed by atoms with Gasteiger partial charge >= 0.3 is 0 Å². The lowest BCUT2D eigenvalue weighted by atomic mass is 10.0. The number of benzene rings is 1. The Morgan fingerprint density at radius 1 is 0.692 bits per heavy atom. The smallest absolute Gasteiger partial charge is 0.0465 e. The lowest BCUT2D eigenvalue weighted by molar-refractivity contribution is 0.529. The second-order valence-electron chi connectivity index (χ2n) is 7.51. The summed E-state index contributed by atoms with van der Waals surface area (Å²) < 4.78 is 0. The predicted octanol–water partition coefficient (Wildman–Crippen LogP) is 8.56. The third-order valence-corrected chi connectivity index (χ3v) is 5.62. The summed E-state index contributed by atoms with van der Waals surface area (Å²) in [4.78, 5) is 0. The molecule has 0 aromatic heterocycles. The molecule has 0 unspecified atom stereocenters. The summed E-state index contributed by atoms with van der Waals surface area (Å²) in [6.07, 6.45) is 19.7. The molecule has 1 aromatic carbocycles. The van der Waals surface area contributed by atoms with Crippen molar-refractivity contribution in [2.24, 2.45) is 0 Å². The van der Waals surface area contributed by atoms with E-state index in [-0.39, 0.29) is 0 Å². The molecule has 0 atom stereocenters. The van der Waals surface area contributed by atoms with Crippen molar-refractivity contribution < 1.29 is 0 Å². The first-order valence-corrected chi connectivity index (χ1v) is 11.6. The molecule has 0 saturated heterocycles. The van der Waals surface area contributed by atoms with Gasteiger partial charge < -0.3 is 5.32 Å². The van der Waals surface area contributed by atoms with Crippen LogP contribution in [0.15, 0.2) is 18.2 Å². The Bertz CT molecular complexity index is 448. The fraction of sp³-hybridized carbons (Fsp3) is 0.739. The zero-order valence-electron chi connectivity index (χ0n) is 16.8. The molecular weight excluding hydrogens is 361 g/mol. The van der Waals surface area contributed by atoms with Gasteiger partial charge in [0.2, 0.25) is 0 Å². The first kappa shape index (κ1) is 23.8. The Hall–Kier alpha value is -0.240. The summed E-state index contributed by atoms with van der Waals surface area (Å²) in [5, 5.41) is 4.93. The van der Waals surface area contributed by atoms with Crippen LogP contribution < -0.4 is 5.32 Å². The predicted molar refractivity (Wildman–Crippen MR) is 118 cm³/mol. The van der Waals surface area contributed by atoms with Crippen LogP contribution in [-0.2, 0) is 6.54 Å². The molecule has 150 valence electrons. The summed E-state index contributed by atoms with van der Waals surface area (Å²) >= 11 is 12.1. The van der Waals surface area contributed by atoms with E-state index in [0.29, 0.717) is 5.02 Å². The van der Waals surface area contributed by atoms with Crippen LogP contribution >= 0.6 is 23.2 Å². The minimum atomic E-state index is 0.700. The largest absolute Gasteiger partial charge is 0.313 e. The third kappa shape index (κ3) is 13.0. The number of unbranched alkanes of at least 4 members (excludes halogenated alkanes) is 13. The maximum absolute atomic E-state index is 6.18. The number of rotatable bonds is 17. The van der Waals surface area contributed by atoms with E-state index in [2.05, 4.69) is 12.2 Å². The molecule has 0 heterocycles. The monoisotopic (exact) mass is 399 g/mol. The van der Waals surface area contributed by atoms with Crippen molar-refractivity contribution in [2.75, 3.05) is 6.54 Å². The Morgan fingerprint density at radius 2 is 1.19 bits per heavy atom. The SMILES string of the molecule is CCCCCCCCCCCCCCCCNCc1ccc(Cl)cc1Cl. The molecule has 0 bridgehead atoms. The highest BCUT2D eigenvalue weighted by Gasteiger charge is 2.00. The van der Waals surface area contributed by atoms with Gasteiger partial charge in [0, 0.05) is 16.6 Å². The highest BCUT2D eigenvalue weighted by Crippen LogP contribution is 2.20. The van der Waals surface area contributed by atoms with Crippen LogP contribution in [0.1, 0.15) is 102 Å². The van der Waals surface area contributed by atoms with Gasteiger partial charge in [0.1, 0.15) is 0 Å². The van der Waals surface area contributed by atoms with E-state index in [0.717, 1.165) is 23.7 Å². The number of hydrogen-bond donors (Lipinski definition) is 1. The van der Waals surface area contributed by atoms with Crippen molar-refractivity contribution in [3.05, 3.63) is 33.8 Å². The van der Waals surface area contributed by atoms with E-state index < -0.39 is 0 Å². The van der Waals surface area contributed by atoms with Crippen molar-refractivity contribution in [1.82, 2.24) is 5.32 Å².